The molecule has 2 atom stereocenters. The van der Waals surface area contributed by atoms with Crippen molar-refractivity contribution in [3.8, 4) is 6.07 Å². The van der Waals surface area contributed by atoms with Gasteiger partial charge in [0.2, 0.25) is 0 Å². The number of amides is 2. The second kappa shape index (κ2) is 7.06. The van der Waals surface area contributed by atoms with Crippen LogP contribution in [0.2, 0.25) is 0 Å². The molecule has 1 aliphatic rings. The second-order valence-electron chi connectivity index (χ2n) is 7.89. The number of allylic oxidation sites excluding steroid dienone is 1. The predicted molar refractivity (Wildman–Crippen MR) is 93.4 cm³/mol. The number of carbonyl (C=O) groups is 2. The van der Waals surface area contributed by atoms with E-state index >= 15 is 0 Å². The second-order valence-corrected chi connectivity index (χ2v) is 9.01. The minimum atomic E-state index is -0.774. The van der Waals surface area contributed by atoms with Gasteiger partial charge in [0.25, 0.3) is 0 Å². The zero-order valence-corrected chi connectivity index (χ0v) is 16.2. The first-order chi connectivity index (χ1) is 10.8. The molecule has 2 unspecified atom stereocenters. The smallest absolute Gasteiger partial charge is 0.419 e. The van der Waals surface area contributed by atoms with E-state index in [0.29, 0.717) is 0 Å². The van der Waals surface area contributed by atoms with Crippen LogP contribution in [0.5, 0.6) is 0 Å². The summed E-state index contributed by atoms with van der Waals surface area (Å²) < 4.78 is 10.6. The lowest BCUT2D eigenvalue weighted by molar-refractivity contribution is 0.000905. The molecule has 134 valence electrons. The van der Waals surface area contributed by atoms with Gasteiger partial charge in [-0.05, 0) is 53.9 Å². The highest BCUT2D eigenvalue weighted by Crippen LogP contribution is 2.40. The van der Waals surface area contributed by atoms with Crippen molar-refractivity contribution >= 4 is 23.9 Å². The summed E-state index contributed by atoms with van der Waals surface area (Å²) in [6.45, 7) is 12.2. The Morgan fingerprint density at radius 3 is 2.00 bits per heavy atom. The Bertz CT molecular complexity index is 541. The van der Waals surface area contributed by atoms with Crippen molar-refractivity contribution in [1.29, 1.82) is 5.26 Å². The molecule has 1 rings (SSSR count). The lowest BCUT2D eigenvalue weighted by atomic mass is 9.88. The fourth-order valence-electron chi connectivity index (χ4n) is 1.89. The molecule has 0 fully saturated rings. The van der Waals surface area contributed by atoms with Crippen LogP contribution in [-0.4, -0.2) is 40.1 Å². The summed E-state index contributed by atoms with van der Waals surface area (Å²) in [6, 6.07) is 2.23. The van der Waals surface area contributed by atoms with Crippen LogP contribution >= 0.6 is 11.8 Å². The van der Waals surface area contributed by atoms with Crippen molar-refractivity contribution in [3.05, 3.63) is 11.5 Å². The van der Waals surface area contributed by atoms with Crippen LogP contribution in [0.3, 0.4) is 0 Å². The maximum Gasteiger partial charge on any atom is 0.419 e. The van der Waals surface area contributed by atoms with Gasteiger partial charge in [0.15, 0.2) is 0 Å². The molecular weight excluding hydrogens is 328 g/mol. The van der Waals surface area contributed by atoms with Gasteiger partial charge in [0.05, 0.1) is 11.5 Å². The van der Waals surface area contributed by atoms with E-state index in [1.807, 2.05) is 5.41 Å². The van der Waals surface area contributed by atoms with Gasteiger partial charge in [-0.3, -0.25) is 0 Å². The molecule has 0 bridgehead atoms. The Balaban J connectivity index is 3.00. The molecule has 0 spiro atoms. The summed E-state index contributed by atoms with van der Waals surface area (Å²) in [5, 5.41) is 10.9. The van der Waals surface area contributed by atoms with Gasteiger partial charge in [-0.15, -0.1) is 11.8 Å². The van der Waals surface area contributed by atoms with E-state index in [4.69, 9.17) is 9.47 Å². The zero-order chi connectivity index (χ0) is 18.8. The number of nitriles is 1. The molecular formula is C17H26N2O4S. The molecule has 0 radical (unpaired) electrons. The Morgan fingerprint density at radius 2 is 1.62 bits per heavy atom. The summed E-state index contributed by atoms with van der Waals surface area (Å²) in [5.41, 5.74) is -2.24. The van der Waals surface area contributed by atoms with Crippen LogP contribution in [0.15, 0.2) is 11.5 Å². The summed E-state index contributed by atoms with van der Waals surface area (Å²) in [5.74, 6) is 0. The van der Waals surface area contributed by atoms with Crippen LogP contribution in [0, 0.1) is 16.7 Å². The monoisotopic (exact) mass is 354 g/mol. The van der Waals surface area contributed by atoms with E-state index in [1.165, 1.54) is 11.8 Å². The molecule has 0 aromatic carbocycles. The summed E-state index contributed by atoms with van der Waals surface area (Å²) >= 11 is 1.41. The lowest BCUT2D eigenvalue weighted by Crippen LogP contribution is -2.48. The van der Waals surface area contributed by atoms with E-state index in [2.05, 4.69) is 6.07 Å². The fourth-order valence-corrected chi connectivity index (χ4v) is 3.09. The predicted octanol–water partition coefficient (Wildman–Crippen LogP) is 4.32. The SMILES string of the molecule is CC(C)(C)OC(=O)N(CC1SC=CC1(C)C#N)C(=O)OC(C)(C)C. The van der Waals surface area contributed by atoms with E-state index in [-0.39, 0.29) is 11.8 Å². The standard InChI is InChI=1S/C17H26N2O4S/c1-15(2,3)22-13(20)19(14(21)23-16(4,5)6)10-12-17(7,11-18)8-9-24-12/h8-9,12H,10H2,1-7H3. The molecule has 0 aromatic rings. The van der Waals surface area contributed by atoms with E-state index < -0.39 is 28.8 Å². The van der Waals surface area contributed by atoms with Crippen molar-refractivity contribution in [3.63, 3.8) is 0 Å². The van der Waals surface area contributed by atoms with Crippen LogP contribution in [-0.2, 0) is 9.47 Å². The minimum Gasteiger partial charge on any atom is -0.443 e. The van der Waals surface area contributed by atoms with Crippen LogP contribution < -0.4 is 0 Å². The first-order valence-corrected chi connectivity index (χ1v) is 8.69. The van der Waals surface area contributed by atoms with Gasteiger partial charge in [-0.2, -0.15) is 5.26 Å². The van der Waals surface area contributed by atoms with Gasteiger partial charge in [-0.1, -0.05) is 6.08 Å². The summed E-state index contributed by atoms with van der Waals surface area (Å²) in [4.78, 5) is 25.9. The maximum atomic E-state index is 12.5. The average molecular weight is 354 g/mol. The summed E-state index contributed by atoms with van der Waals surface area (Å²) in [6.07, 6.45) is 0.235. The van der Waals surface area contributed by atoms with Gasteiger partial charge < -0.3 is 9.47 Å². The number of rotatable bonds is 2. The Kier molecular flexibility index (Phi) is 5.99. The molecule has 1 heterocycles. The highest BCUT2D eigenvalue weighted by Gasteiger charge is 2.41. The number of ether oxygens (including phenoxy) is 2. The molecule has 2 amide bonds. The van der Waals surface area contributed by atoms with Gasteiger partial charge in [0.1, 0.15) is 11.2 Å². The number of carbonyl (C=O) groups excluding carboxylic acids is 2. The largest absolute Gasteiger partial charge is 0.443 e. The molecule has 7 heteroatoms. The first kappa shape index (κ1) is 20.4. The normalized spacial score (nSPS) is 23.5. The molecule has 0 N–H and O–H groups in total. The van der Waals surface area contributed by atoms with E-state index in [9.17, 15) is 14.9 Å². The zero-order valence-electron chi connectivity index (χ0n) is 15.4. The Labute approximate surface area is 148 Å². The summed E-state index contributed by atoms with van der Waals surface area (Å²) in [7, 11) is 0. The molecule has 1 aliphatic heterocycles. The number of hydrogen-bond donors (Lipinski definition) is 0. The highest BCUT2D eigenvalue weighted by atomic mass is 32.2. The quantitative estimate of drug-likeness (QED) is 0.735. The van der Waals surface area contributed by atoms with E-state index in [1.54, 1.807) is 54.5 Å². The molecule has 24 heavy (non-hydrogen) atoms. The minimum absolute atomic E-state index is 0.0333. The van der Waals surface area contributed by atoms with Crippen molar-refractivity contribution in [2.45, 2.75) is 64.9 Å². The Hall–Kier alpha value is -1.68. The van der Waals surface area contributed by atoms with Crippen molar-refractivity contribution in [2.24, 2.45) is 5.41 Å². The van der Waals surface area contributed by atoms with Crippen molar-refractivity contribution < 1.29 is 19.1 Å². The van der Waals surface area contributed by atoms with Crippen molar-refractivity contribution in [2.75, 3.05) is 6.54 Å². The maximum absolute atomic E-state index is 12.5. The van der Waals surface area contributed by atoms with E-state index in [0.717, 1.165) is 4.90 Å². The van der Waals surface area contributed by atoms with Gasteiger partial charge >= 0.3 is 12.2 Å². The Morgan fingerprint density at radius 1 is 1.17 bits per heavy atom. The third kappa shape index (κ3) is 5.75. The number of imide groups is 1. The molecule has 0 aliphatic carbocycles. The topological polar surface area (TPSA) is 79.6 Å². The van der Waals surface area contributed by atoms with Gasteiger partial charge in [0, 0.05) is 11.8 Å². The number of hydrogen-bond acceptors (Lipinski definition) is 6. The van der Waals surface area contributed by atoms with Gasteiger partial charge in [-0.25, -0.2) is 14.5 Å². The third-order valence-electron chi connectivity index (χ3n) is 3.14. The number of nitrogens with zero attached hydrogens (tertiary/aromatic N) is 2. The first-order valence-electron chi connectivity index (χ1n) is 7.75. The van der Waals surface area contributed by atoms with Crippen LogP contribution in [0.25, 0.3) is 0 Å². The molecule has 0 saturated heterocycles. The van der Waals surface area contributed by atoms with Crippen LogP contribution in [0.1, 0.15) is 48.5 Å². The van der Waals surface area contributed by atoms with Crippen LogP contribution in [0.4, 0.5) is 9.59 Å². The number of thioether (sulfide) groups is 1. The lowest BCUT2D eigenvalue weighted by Gasteiger charge is -2.32. The fraction of sp³-hybridized carbons (Fsp3) is 0.706. The average Bonchev–Trinajstić information content (AvgIpc) is 2.73. The van der Waals surface area contributed by atoms with Crippen molar-refractivity contribution in [1.82, 2.24) is 4.90 Å². The molecule has 0 aromatic heterocycles. The molecule has 6 nitrogen and oxygen atoms in total. The third-order valence-corrected chi connectivity index (χ3v) is 4.40. The highest BCUT2D eigenvalue weighted by molar-refractivity contribution is 8.03. The molecule has 0 saturated carbocycles.